The maximum Gasteiger partial charge on any atom is 0.242 e. The number of nitriles is 1. The van der Waals surface area contributed by atoms with Crippen molar-refractivity contribution in [2.45, 2.75) is 26.3 Å². The summed E-state index contributed by atoms with van der Waals surface area (Å²) < 4.78 is 0.866. The van der Waals surface area contributed by atoms with E-state index in [-0.39, 0.29) is 11.9 Å². The predicted octanol–water partition coefficient (Wildman–Crippen LogP) is 2.65. The Bertz CT molecular complexity index is 468. The first-order valence-corrected chi connectivity index (χ1v) is 6.61. The molecule has 0 aliphatic heterocycles. The van der Waals surface area contributed by atoms with Crippen LogP contribution in [0.3, 0.4) is 0 Å². The molecule has 1 amide bonds. The molecule has 0 spiro atoms. The number of carbonyl (C=O) groups is 1. The molecule has 0 fully saturated rings. The quantitative estimate of drug-likeness (QED) is 0.879. The van der Waals surface area contributed by atoms with Crippen molar-refractivity contribution in [3.63, 3.8) is 0 Å². The van der Waals surface area contributed by atoms with E-state index >= 15 is 0 Å². The Labute approximate surface area is 116 Å². The van der Waals surface area contributed by atoms with Crippen molar-refractivity contribution >= 4 is 27.5 Å². The fourth-order valence-electron chi connectivity index (χ4n) is 1.43. The van der Waals surface area contributed by atoms with E-state index in [1.807, 2.05) is 6.92 Å². The van der Waals surface area contributed by atoms with Crippen molar-refractivity contribution in [3.8, 4) is 6.07 Å². The van der Waals surface area contributed by atoms with Crippen LogP contribution < -0.4 is 10.6 Å². The molecule has 4 nitrogen and oxygen atoms in total. The highest BCUT2D eigenvalue weighted by molar-refractivity contribution is 9.10. The zero-order valence-electron chi connectivity index (χ0n) is 10.5. The number of benzene rings is 1. The van der Waals surface area contributed by atoms with Crippen LogP contribution in [-0.2, 0) is 4.79 Å². The molecule has 1 atom stereocenters. The topological polar surface area (TPSA) is 64.9 Å². The standard InChI is InChI=1S/C13H16BrN3O/c1-3-6-16-13(18)9(2)17-12-7-11(14)5-4-10(12)8-15/h4-5,7,9,17H,3,6H2,1-2H3,(H,16,18). The highest BCUT2D eigenvalue weighted by Gasteiger charge is 2.13. The molecule has 0 radical (unpaired) electrons. The van der Waals surface area contributed by atoms with Gasteiger partial charge in [-0.05, 0) is 31.5 Å². The van der Waals surface area contributed by atoms with Crippen LogP contribution in [0.5, 0.6) is 0 Å². The van der Waals surface area contributed by atoms with Gasteiger partial charge in [0.1, 0.15) is 12.1 Å². The van der Waals surface area contributed by atoms with Gasteiger partial charge in [0, 0.05) is 11.0 Å². The second kappa shape index (κ2) is 7.02. The van der Waals surface area contributed by atoms with Gasteiger partial charge >= 0.3 is 0 Å². The van der Waals surface area contributed by atoms with E-state index in [0.29, 0.717) is 17.8 Å². The summed E-state index contributed by atoms with van der Waals surface area (Å²) in [6, 6.07) is 7.02. The van der Waals surface area contributed by atoms with Crippen LogP contribution in [-0.4, -0.2) is 18.5 Å². The number of nitrogens with one attached hydrogen (secondary N) is 2. The van der Waals surface area contributed by atoms with E-state index in [0.717, 1.165) is 10.9 Å². The van der Waals surface area contributed by atoms with Crippen LogP contribution in [0, 0.1) is 11.3 Å². The molecule has 18 heavy (non-hydrogen) atoms. The fourth-order valence-corrected chi connectivity index (χ4v) is 1.79. The van der Waals surface area contributed by atoms with Crippen molar-refractivity contribution in [1.82, 2.24) is 5.32 Å². The molecule has 2 N–H and O–H groups in total. The van der Waals surface area contributed by atoms with Crippen molar-refractivity contribution in [2.24, 2.45) is 0 Å². The molecule has 96 valence electrons. The Kier molecular flexibility index (Phi) is 5.66. The maximum absolute atomic E-state index is 11.7. The Balaban J connectivity index is 2.75. The number of anilines is 1. The van der Waals surface area contributed by atoms with Gasteiger partial charge in [0.25, 0.3) is 0 Å². The normalized spacial score (nSPS) is 11.4. The molecule has 0 bridgehead atoms. The SMILES string of the molecule is CCCNC(=O)C(C)Nc1cc(Br)ccc1C#N. The lowest BCUT2D eigenvalue weighted by Gasteiger charge is -2.16. The Morgan fingerprint density at radius 1 is 1.56 bits per heavy atom. The van der Waals surface area contributed by atoms with E-state index in [1.54, 1.807) is 25.1 Å². The number of hydrogen-bond acceptors (Lipinski definition) is 3. The van der Waals surface area contributed by atoms with Gasteiger partial charge in [0.2, 0.25) is 5.91 Å². The molecule has 5 heteroatoms. The van der Waals surface area contributed by atoms with Crippen molar-refractivity contribution in [2.75, 3.05) is 11.9 Å². The van der Waals surface area contributed by atoms with Crippen molar-refractivity contribution < 1.29 is 4.79 Å². The first kappa shape index (κ1) is 14.5. The summed E-state index contributed by atoms with van der Waals surface area (Å²) in [7, 11) is 0. The molecule has 0 aliphatic carbocycles. The average molecular weight is 310 g/mol. The minimum absolute atomic E-state index is 0.0688. The monoisotopic (exact) mass is 309 g/mol. The van der Waals surface area contributed by atoms with Crippen LogP contribution >= 0.6 is 15.9 Å². The van der Waals surface area contributed by atoms with Crippen molar-refractivity contribution in [1.29, 1.82) is 5.26 Å². The summed E-state index contributed by atoms with van der Waals surface area (Å²) >= 11 is 3.34. The summed E-state index contributed by atoms with van der Waals surface area (Å²) in [6.07, 6.45) is 0.902. The van der Waals surface area contributed by atoms with Gasteiger partial charge in [-0.15, -0.1) is 0 Å². The molecule has 0 aromatic heterocycles. The molecule has 1 aromatic carbocycles. The van der Waals surface area contributed by atoms with Gasteiger partial charge in [-0.1, -0.05) is 22.9 Å². The third-order valence-corrected chi connectivity index (χ3v) is 2.91. The predicted molar refractivity (Wildman–Crippen MR) is 75.2 cm³/mol. The van der Waals surface area contributed by atoms with E-state index in [2.05, 4.69) is 32.6 Å². The van der Waals surface area contributed by atoms with Gasteiger partial charge in [-0.2, -0.15) is 5.26 Å². The van der Waals surface area contributed by atoms with Gasteiger partial charge in [-0.25, -0.2) is 0 Å². The average Bonchev–Trinajstić information content (AvgIpc) is 2.36. The number of carbonyl (C=O) groups excluding carboxylic acids is 1. The molecular formula is C13H16BrN3O. The third kappa shape index (κ3) is 4.04. The zero-order valence-corrected chi connectivity index (χ0v) is 12.0. The fraction of sp³-hybridized carbons (Fsp3) is 0.385. The lowest BCUT2D eigenvalue weighted by Crippen LogP contribution is -2.38. The van der Waals surface area contributed by atoms with E-state index in [9.17, 15) is 4.79 Å². The second-order valence-electron chi connectivity index (χ2n) is 3.96. The first-order valence-electron chi connectivity index (χ1n) is 5.82. The Morgan fingerprint density at radius 3 is 2.89 bits per heavy atom. The van der Waals surface area contributed by atoms with Gasteiger partial charge < -0.3 is 10.6 Å². The Morgan fingerprint density at radius 2 is 2.28 bits per heavy atom. The van der Waals surface area contributed by atoms with Crippen LogP contribution in [0.1, 0.15) is 25.8 Å². The van der Waals surface area contributed by atoms with Crippen molar-refractivity contribution in [3.05, 3.63) is 28.2 Å². The Hall–Kier alpha value is -1.54. The number of amides is 1. The largest absolute Gasteiger partial charge is 0.373 e. The summed E-state index contributed by atoms with van der Waals surface area (Å²) in [5.74, 6) is -0.0688. The summed E-state index contributed by atoms with van der Waals surface area (Å²) in [6.45, 7) is 4.43. The summed E-state index contributed by atoms with van der Waals surface area (Å²) in [5, 5.41) is 14.9. The minimum Gasteiger partial charge on any atom is -0.373 e. The smallest absolute Gasteiger partial charge is 0.242 e. The van der Waals surface area contributed by atoms with Crippen LogP contribution in [0.25, 0.3) is 0 Å². The van der Waals surface area contributed by atoms with Gasteiger partial charge in [-0.3, -0.25) is 4.79 Å². The molecule has 1 rings (SSSR count). The highest BCUT2D eigenvalue weighted by atomic mass is 79.9. The lowest BCUT2D eigenvalue weighted by atomic mass is 10.1. The molecule has 1 unspecified atom stereocenters. The first-order chi connectivity index (χ1) is 8.58. The van der Waals surface area contributed by atoms with E-state index in [1.165, 1.54) is 0 Å². The van der Waals surface area contributed by atoms with Crippen LogP contribution in [0.4, 0.5) is 5.69 Å². The minimum atomic E-state index is -0.377. The van der Waals surface area contributed by atoms with Crippen LogP contribution in [0.2, 0.25) is 0 Å². The molecule has 1 aromatic rings. The zero-order chi connectivity index (χ0) is 13.5. The highest BCUT2D eigenvalue weighted by Crippen LogP contribution is 2.21. The molecular weight excluding hydrogens is 294 g/mol. The lowest BCUT2D eigenvalue weighted by molar-refractivity contribution is -0.121. The van der Waals surface area contributed by atoms with E-state index < -0.39 is 0 Å². The van der Waals surface area contributed by atoms with Gasteiger partial charge in [0.05, 0.1) is 11.3 Å². The molecule has 0 heterocycles. The van der Waals surface area contributed by atoms with Gasteiger partial charge in [0.15, 0.2) is 0 Å². The maximum atomic E-state index is 11.7. The molecule has 0 aliphatic rings. The third-order valence-electron chi connectivity index (χ3n) is 2.42. The van der Waals surface area contributed by atoms with Crippen LogP contribution in [0.15, 0.2) is 22.7 Å². The molecule has 0 saturated heterocycles. The summed E-state index contributed by atoms with van der Waals surface area (Å²) in [5.41, 5.74) is 1.18. The molecule has 0 saturated carbocycles. The number of hydrogen-bond donors (Lipinski definition) is 2. The summed E-state index contributed by atoms with van der Waals surface area (Å²) in [4.78, 5) is 11.7. The van der Waals surface area contributed by atoms with E-state index in [4.69, 9.17) is 5.26 Å². The second-order valence-corrected chi connectivity index (χ2v) is 4.87. The number of rotatable bonds is 5. The number of halogens is 1. The number of nitrogens with zero attached hydrogens (tertiary/aromatic N) is 1.